The maximum absolute atomic E-state index is 4.41. The van der Waals surface area contributed by atoms with Crippen LogP contribution in [-0.4, -0.2) is 19.6 Å². The Hall–Kier alpha value is -3.72. The Labute approximate surface area is 183 Å². The first-order valence-corrected chi connectivity index (χ1v) is 10.7. The smallest absolute Gasteiger partial charge is 0.178 e. The number of amidine groups is 1. The highest BCUT2D eigenvalue weighted by Gasteiger charge is 2.48. The molecule has 0 unspecified atom stereocenters. The maximum Gasteiger partial charge on any atom is 0.178 e. The summed E-state index contributed by atoms with van der Waals surface area (Å²) in [5.41, 5.74) is 11.4. The van der Waals surface area contributed by atoms with Gasteiger partial charge in [-0.05, 0) is 53.0 Å². The van der Waals surface area contributed by atoms with E-state index in [1.165, 1.54) is 33.4 Å². The van der Waals surface area contributed by atoms with Crippen LogP contribution in [-0.2, 0) is 5.41 Å². The summed E-state index contributed by atoms with van der Waals surface area (Å²) in [6, 6.07) is 28.2. The molecule has 3 nitrogen and oxygen atoms in total. The lowest BCUT2D eigenvalue weighted by Gasteiger charge is -2.36. The average molecular weight is 404 g/mol. The molecule has 0 aliphatic heterocycles. The average Bonchev–Trinajstić information content (AvgIpc) is 3.15. The van der Waals surface area contributed by atoms with Gasteiger partial charge in [-0.25, -0.2) is 4.99 Å². The van der Waals surface area contributed by atoms with Crippen molar-refractivity contribution in [2.24, 2.45) is 10.1 Å². The van der Waals surface area contributed by atoms with Crippen LogP contribution < -0.4 is 5.43 Å². The third kappa shape index (κ3) is 2.81. The molecule has 0 fully saturated rings. The number of aliphatic imine (C=N–C) groups is 1. The number of nitrogens with one attached hydrogen (secondary N) is 1. The number of allylic oxidation sites excluding steroid dienone is 4. The summed E-state index contributed by atoms with van der Waals surface area (Å²) >= 11 is 0. The fourth-order valence-electron chi connectivity index (χ4n) is 5.28. The molecule has 2 aliphatic rings. The highest BCUT2D eigenvalue weighted by atomic mass is 15.3. The number of hydrogen-bond acceptors (Lipinski definition) is 2. The van der Waals surface area contributed by atoms with E-state index in [1.54, 1.807) is 7.05 Å². The molecule has 3 aromatic rings. The van der Waals surface area contributed by atoms with Gasteiger partial charge in [-0.15, -0.1) is 0 Å². The summed E-state index contributed by atoms with van der Waals surface area (Å²) < 4.78 is 0. The molecule has 0 spiro atoms. The number of nitrogens with zero attached hydrogens (tertiary/aromatic N) is 2. The minimum atomic E-state index is -0.333. The zero-order chi connectivity index (χ0) is 21.3. The minimum absolute atomic E-state index is 0.333. The Kier molecular flexibility index (Phi) is 4.87. The Morgan fingerprint density at radius 1 is 0.903 bits per heavy atom. The van der Waals surface area contributed by atoms with Gasteiger partial charge in [-0.2, -0.15) is 5.10 Å². The maximum atomic E-state index is 4.41. The van der Waals surface area contributed by atoms with Crippen molar-refractivity contribution in [3.05, 3.63) is 124 Å². The van der Waals surface area contributed by atoms with Gasteiger partial charge in [0.25, 0.3) is 0 Å². The van der Waals surface area contributed by atoms with Crippen LogP contribution in [0.15, 0.2) is 107 Å². The molecular weight excluding hydrogens is 378 g/mol. The van der Waals surface area contributed by atoms with Crippen molar-refractivity contribution in [2.45, 2.75) is 18.3 Å². The number of fused-ring (bicyclic) bond motifs is 2. The molecule has 0 saturated carbocycles. The SMILES string of the molecule is C=N/C(=N\NC)c1cccc2c1C1=C(CCC=C1)C2(c1ccccc1)c1ccccc1. The molecular formula is C28H25N3. The van der Waals surface area contributed by atoms with Crippen LogP contribution in [0.4, 0.5) is 0 Å². The van der Waals surface area contributed by atoms with E-state index in [-0.39, 0.29) is 5.41 Å². The molecule has 0 bridgehead atoms. The van der Waals surface area contributed by atoms with E-state index >= 15 is 0 Å². The van der Waals surface area contributed by atoms with Crippen molar-refractivity contribution in [1.29, 1.82) is 0 Å². The van der Waals surface area contributed by atoms with E-state index < -0.39 is 0 Å². The van der Waals surface area contributed by atoms with Crippen LogP contribution in [0.5, 0.6) is 0 Å². The van der Waals surface area contributed by atoms with E-state index in [4.69, 9.17) is 0 Å². The Morgan fingerprint density at radius 3 is 2.19 bits per heavy atom. The Morgan fingerprint density at radius 2 is 1.58 bits per heavy atom. The lowest BCUT2D eigenvalue weighted by molar-refractivity contribution is 0.696. The first-order valence-electron chi connectivity index (χ1n) is 10.7. The second-order valence-corrected chi connectivity index (χ2v) is 7.86. The summed E-state index contributed by atoms with van der Waals surface area (Å²) in [5.74, 6) is 0.613. The van der Waals surface area contributed by atoms with Gasteiger partial charge in [0.15, 0.2) is 5.84 Å². The Bertz CT molecular complexity index is 1180. The first kappa shape index (κ1) is 19.3. The van der Waals surface area contributed by atoms with Crippen molar-refractivity contribution >= 4 is 18.1 Å². The van der Waals surface area contributed by atoms with Crippen LogP contribution in [0.1, 0.15) is 40.7 Å². The van der Waals surface area contributed by atoms with Gasteiger partial charge < -0.3 is 5.43 Å². The van der Waals surface area contributed by atoms with Gasteiger partial charge >= 0.3 is 0 Å². The molecule has 0 radical (unpaired) electrons. The standard InChI is InChI=1S/C28H25N3/c1-29-27(31-30-2)23-17-11-19-25-26(23)22-16-9-10-18-24(22)28(25,20-12-5-3-6-13-20)21-14-7-4-8-15-21/h3-9,11-17,19,30H,1,10,18H2,2H3/b31-27-. The molecule has 152 valence electrons. The summed E-state index contributed by atoms with van der Waals surface area (Å²) in [5, 5.41) is 4.41. The third-order valence-corrected chi connectivity index (χ3v) is 6.38. The van der Waals surface area contributed by atoms with Crippen molar-refractivity contribution < 1.29 is 0 Å². The van der Waals surface area contributed by atoms with E-state index in [0.717, 1.165) is 18.4 Å². The fraction of sp³-hybridized carbons (Fsp3) is 0.143. The molecule has 0 saturated heterocycles. The molecule has 0 aromatic heterocycles. The second-order valence-electron chi connectivity index (χ2n) is 7.86. The minimum Gasteiger partial charge on any atom is -0.311 e. The predicted octanol–water partition coefficient (Wildman–Crippen LogP) is 5.72. The molecule has 31 heavy (non-hydrogen) atoms. The summed E-state index contributed by atoms with van der Waals surface area (Å²) in [7, 11) is 1.79. The highest BCUT2D eigenvalue weighted by Crippen LogP contribution is 2.57. The zero-order valence-electron chi connectivity index (χ0n) is 17.7. The van der Waals surface area contributed by atoms with E-state index in [1.807, 2.05) is 0 Å². The number of benzene rings is 3. The highest BCUT2D eigenvalue weighted by molar-refractivity contribution is 6.08. The van der Waals surface area contributed by atoms with Crippen LogP contribution in [0.3, 0.4) is 0 Å². The van der Waals surface area contributed by atoms with Gasteiger partial charge in [0, 0.05) is 12.6 Å². The topological polar surface area (TPSA) is 36.8 Å². The fourth-order valence-corrected chi connectivity index (χ4v) is 5.28. The van der Waals surface area contributed by atoms with Crippen molar-refractivity contribution in [1.82, 2.24) is 5.43 Å². The second kappa shape index (κ2) is 7.84. The molecule has 3 aromatic carbocycles. The Balaban J connectivity index is 1.93. The first-order chi connectivity index (χ1) is 15.3. The van der Waals surface area contributed by atoms with Crippen molar-refractivity contribution in [2.75, 3.05) is 7.05 Å². The molecule has 1 N–H and O–H groups in total. The lowest BCUT2D eigenvalue weighted by Crippen LogP contribution is -2.30. The summed E-state index contributed by atoms with van der Waals surface area (Å²) in [4.78, 5) is 4.25. The van der Waals surface area contributed by atoms with Gasteiger partial charge in [-0.3, -0.25) is 0 Å². The molecule has 2 aliphatic carbocycles. The van der Waals surface area contributed by atoms with Crippen molar-refractivity contribution in [3.8, 4) is 0 Å². The zero-order valence-corrected chi connectivity index (χ0v) is 17.7. The molecule has 0 heterocycles. The summed E-state index contributed by atoms with van der Waals surface area (Å²) in [6.45, 7) is 3.78. The van der Waals surface area contributed by atoms with Gasteiger partial charge in [0.05, 0.1) is 5.41 Å². The van der Waals surface area contributed by atoms with Gasteiger partial charge in [-0.1, -0.05) is 91.0 Å². The third-order valence-electron chi connectivity index (χ3n) is 6.38. The lowest BCUT2D eigenvalue weighted by atomic mass is 9.65. The number of hydrogen-bond donors (Lipinski definition) is 1. The molecule has 0 amide bonds. The van der Waals surface area contributed by atoms with E-state index in [2.05, 4.69) is 113 Å². The van der Waals surface area contributed by atoms with Crippen LogP contribution in [0, 0.1) is 0 Å². The van der Waals surface area contributed by atoms with E-state index in [0.29, 0.717) is 5.84 Å². The van der Waals surface area contributed by atoms with Crippen LogP contribution >= 0.6 is 0 Å². The monoisotopic (exact) mass is 403 g/mol. The summed E-state index contributed by atoms with van der Waals surface area (Å²) in [6.07, 6.45) is 6.63. The molecule has 5 rings (SSSR count). The van der Waals surface area contributed by atoms with Crippen molar-refractivity contribution in [3.63, 3.8) is 0 Å². The molecule has 3 heteroatoms. The predicted molar refractivity (Wildman–Crippen MR) is 130 cm³/mol. The number of hydrazone groups is 1. The van der Waals surface area contributed by atoms with Crippen LogP contribution in [0.25, 0.3) is 5.57 Å². The quantitative estimate of drug-likeness (QED) is 0.338. The largest absolute Gasteiger partial charge is 0.311 e. The van der Waals surface area contributed by atoms with Gasteiger partial charge in [0.2, 0.25) is 0 Å². The molecule has 0 atom stereocenters. The van der Waals surface area contributed by atoms with E-state index in [9.17, 15) is 0 Å². The van der Waals surface area contributed by atoms with Gasteiger partial charge in [0.1, 0.15) is 0 Å². The number of rotatable bonds is 4. The van der Waals surface area contributed by atoms with Crippen LogP contribution in [0.2, 0.25) is 0 Å². The normalized spacial score (nSPS) is 16.6.